The molecular weight excluding hydrogens is 348 g/mol. The van der Waals surface area contributed by atoms with Crippen LogP contribution in [0.1, 0.15) is 30.6 Å². The molecule has 0 heterocycles. The zero-order valence-electron chi connectivity index (χ0n) is 12.4. The van der Waals surface area contributed by atoms with Crippen LogP contribution in [0.4, 0.5) is 10.1 Å². The summed E-state index contributed by atoms with van der Waals surface area (Å²) < 4.78 is 17.6. The Morgan fingerprint density at radius 3 is 2.43 bits per heavy atom. The molecular formula is C15H14Cl2FNO4. The molecule has 1 N–H and O–H groups in total. The zero-order chi connectivity index (χ0) is 17.4. The van der Waals surface area contributed by atoms with E-state index in [1.54, 1.807) is 0 Å². The normalized spacial score (nSPS) is 21.4. The van der Waals surface area contributed by atoms with Gasteiger partial charge in [0.15, 0.2) is 6.61 Å². The van der Waals surface area contributed by atoms with Crippen LogP contribution in [0.3, 0.4) is 0 Å². The summed E-state index contributed by atoms with van der Waals surface area (Å²) in [5.74, 6) is -2.59. The third-order valence-electron chi connectivity index (χ3n) is 3.63. The number of amides is 1. The summed E-state index contributed by atoms with van der Waals surface area (Å²) in [6.07, 6.45) is 0.232. The molecule has 1 amide bonds. The highest BCUT2D eigenvalue weighted by molar-refractivity contribution is 6.53. The molecule has 1 atom stereocenters. The van der Waals surface area contributed by atoms with E-state index in [9.17, 15) is 18.8 Å². The van der Waals surface area contributed by atoms with E-state index in [-0.39, 0.29) is 23.6 Å². The van der Waals surface area contributed by atoms with Crippen LogP contribution in [0.15, 0.2) is 18.2 Å². The van der Waals surface area contributed by atoms with Gasteiger partial charge in [-0.05, 0) is 25.1 Å². The van der Waals surface area contributed by atoms with Crippen molar-refractivity contribution >= 4 is 46.5 Å². The maximum Gasteiger partial charge on any atom is 0.315 e. The molecule has 0 spiro atoms. The summed E-state index contributed by atoms with van der Waals surface area (Å²) in [6, 6.07) is 3.61. The minimum Gasteiger partial charge on any atom is -0.457 e. The monoisotopic (exact) mass is 361 g/mol. The van der Waals surface area contributed by atoms with Gasteiger partial charge in [-0.3, -0.25) is 14.4 Å². The fourth-order valence-electron chi connectivity index (χ4n) is 2.01. The second kappa shape index (κ2) is 6.09. The second-order valence-electron chi connectivity index (χ2n) is 5.59. The van der Waals surface area contributed by atoms with E-state index in [4.69, 9.17) is 27.9 Å². The Morgan fingerprint density at radius 1 is 1.35 bits per heavy atom. The van der Waals surface area contributed by atoms with E-state index < -0.39 is 33.9 Å². The number of nitrogens with one attached hydrogen (secondary N) is 1. The van der Waals surface area contributed by atoms with Gasteiger partial charge in [-0.15, -0.1) is 23.2 Å². The molecule has 0 unspecified atom stereocenters. The maximum atomic E-state index is 13.9. The first-order chi connectivity index (χ1) is 10.6. The predicted molar refractivity (Wildman–Crippen MR) is 83.2 cm³/mol. The van der Waals surface area contributed by atoms with Crippen molar-refractivity contribution in [3.05, 3.63) is 29.6 Å². The van der Waals surface area contributed by atoms with E-state index in [1.807, 2.05) is 0 Å². The minimum absolute atomic E-state index is 0.225. The van der Waals surface area contributed by atoms with E-state index >= 15 is 0 Å². The Hall–Kier alpha value is -1.66. The Morgan fingerprint density at radius 2 is 1.96 bits per heavy atom. The van der Waals surface area contributed by atoms with Crippen molar-refractivity contribution in [2.75, 3.05) is 11.9 Å². The van der Waals surface area contributed by atoms with Crippen LogP contribution in [0.2, 0.25) is 0 Å². The minimum atomic E-state index is -1.20. The molecule has 0 radical (unpaired) electrons. The number of hydrogen-bond donors (Lipinski definition) is 1. The quantitative estimate of drug-likeness (QED) is 0.496. The first kappa shape index (κ1) is 17.7. The van der Waals surface area contributed by atoms with Crippen molar-refractivity contribution in [1.82, 2.24) is 0 Å². The van der Waals surface area contributed by atoms with Crippen LogP contribution in [-0.4, -0.2) is 28.6 Å². The van der Waals surface area contributed by atoms with Gasteiger partial charge in [-0.25, -0.2) is 4.39 Å². The molecule has 0 aliphatic heterocycles. The molecule has 0 aromatic heterocycles. The van der Waals surface area contributed by atoms with Gasteiger partial charge in [0.25, 0.3) is 0 Å². The number of Topliss-reactive ketones (excluding diaryl/α,β-unsaturated/α-hetero) is 1. The van der Waals surface area contributed by atoms with Gasteiger partial charge >= 0.3 is 5.97 Å². The van der Waals surface area contributed by atoms with Crippen molar-refractivity contribution in [2.24, 2.45) is 5.41 Å². The van der Waals surface area contributed by atoms with Gasteiger partial charge in [0, 0.05) is 19.0 Å². The highest BCUT2D eigenvalue weighted by Gasteiger charge is 2.69. The van der Waals surface area contributed by atoms with E-state index in [0.717, 1.165) is 6.07 Å². The first-order valence-electron chi connectivity index (χ1n) is 6.72. The summed E-state index contributed by atoms with van der Waals surface area (Å²) in [5.41, 5.74) is -1.07. The number of anilines is 1. The number of carbonyl (C=O) groups excluding carboxylic acids is 3. The Balaban J connectivity index is 1.99. The lowest BCUT2D eigenvalue weighted by Gasteiger charge is -2.11. The molecule has 1 aromatic rings. The standard InChI is InChI=1S/C15H14Cl2FNO4/c1-8(20)19-9-3-4-10(11(18)5-9)12(21)6-23-13(22)14(2)7-15(14,16)17/h3-5H,6-7H2,1-2H3,(H,19,20)/t14-/m0/s1. The molecule has 1 saturated carbocycles. The lowest BCUT2D eigenvalue weighted by atomic mass is 10.1. The largest absolute Gasteiger partial charge is 0.457 e. The number of carbonyl (C=O) groups is 3. The number of ether oxygens (including phenoxy) is 1. The number of ketones is 1. The molecule has 8 heteroatoms. The predicted octanol–water partition coefficient (Wildman–Crippen LogP) is 3.09. The summed E-state index contributed by atoms with van der Waals surface area (Å²) in [4.78, 5) is 34.7. The number of hydrogen-bond acceptors (Lipinski definition) is 4. The Kier molecular flexibility index (Phi) is 4.69. The topological polar surface area (TPSA) is 72.5 Å². The molecule has 1 aromatic carbocycles. The average molecular weight is 362 g/mol. The molecule has 1 aliphatic rings. The van der Waals surface area contributed by atoms with E-state index in [0.29, 0.717) is 0 Å². The van der Waals surface area contributed by atoms with E-state index in [2.05, 4.69) is 5.32 Å². The number of alkyl halides is 2. The van der Waals surface area contributed by atoms with Gasteiger partial charge in [0.1, 0.15) is 15.6 Å². The van der Waals surface area contributed by atoms with E-state index in [1.165, 1.54) is 26.0 Å². The highest BCUT2D eigenvalue weighted by Crippen LogP contribution is 2.64. The lowest BCUT2D eigenvalue weighted by Crippen LogP contribution is -2.24. The molecule has 1 fully saturated rings. The molecule has 0 saturated heterocycles. The molecule has 23 heavy (non-hydrogen) atoms. The molecule has 1 aliphatic carbocycles. The van der Waals surface area contributed by atoms with Crippen LogP contribution in [-0.2, 0) is 14.3 Å². The lowest BCUT2D eigenvalue weighted by molar-refractivity contribution is -0.148. The third kappa shape index (κ3) is 3.64. The Labute approximate surface area is 142 Å². The van der Waals surface area contributed by atoms with Crippen molar-refractivity contribution in [2.45, 2.75) is 24.6 Å². The molecule has 2 rings (SSSR count). The van der Waals surface area contributed by atoms with Gasteiger partial charge < -0.3 is 10.1 Å². The van der Waals surface area contributed by atoms with Crippen molar-refractivity contribution in [1.29, 1.82) is 0 Å². The zero-order valence-corrected chi connectivity index (χ0v) is 13.9. The molecule has 5 nitrogen and oxygen atoms in total. The van der Waals surface area contributed by atoms with Crippen LogP contribution in [0.5, 0.6) is 0 Å². The summed E-state index contributed by atoms with van der Waals surface area (Å²) in [6.45, 7) is 2.19. The SMILES string of the molecule is CC(=O)Nc1ccc(C(=O)COC(=O)[C@]2(C)CC2(Cl)Cl)c(F)c1. The maximum absolute atomic E-state index is 13.9. The third-order valence-corrected chi connectivity index (χ3v) is 4.73. The Bertz CT molecular complexity index is 692. The second-order valence-corrected chi connectivity index (χ2v) is 7.07. The fourth-order valence-corrected chi connectivity index (χ4v) is 2.70. The summed E-state index contributed by atoms with van der Waals surface area (Å²) >= 11 is 11.7. The molecule has 124 valence electrons. The van der Waals surface area contributed by atoms with Crippen molar-refractivity contribution < 1.29 is 23.5 Å². The van der Waals surface area contributed by atoms with Crippen LogP contribution >= 0.6 is 23.2 Å². The average Bonchev–Trinajstić information content (AvgIpc) is 2.95. The van der Waals surface area contributed by atoms with Crippen LogP contribution < -0.4 is 5.32 Å². The van der Waals surface area contributed by atoms with Gasteiger partial charge in [-0.1, -0.05) is 0 Å². The summed E-state index contributed by atoms with van der Waals surface area (Å²) in [5, 5.41) is 2.39. The van der Waals surface area contributed by atoms with Crippen LogP contribution in [0.25, 0.3) is 0 Å². The van der Waals surface area contributed by atoms with Crippen molar-refractivity contribution in [3.63, 3.8) is 0 Å². The van der Waals surface area contributed by atoms with Gasteiger partial charge in [0.05, 0.1) is 5.56 Å². The number of halogens is 3. The van der Waals surface area contributed by atoms with Crippen LogP contribution in [0, 0.1) is 11.2 Å². The first-order valence-corrected chi connectivity index (χ1v) is 7.48. The number of benzene rings is 1. The highest BCUT2D eigenvalue weighted by atomic mass is 35.5. The fraction of sp³-hybridized carbons (Fsp3) is 0.400. The van der Waals surface area contributed by atoms with Crippen molar-refractivity contribution in [3.8, 4) is 0 Å². The molecule has 0 bridgehead atoms. The number of esters is 1. The van der Waals surface area contributed by atoms with Gasteiger partial charge in [0.2, 0.25) is 11.7 Å². The number of rotatable bonds is 5. The summed E-state index contributed by atoms with van der Waals surface area (Å²) in [7, 11) is 0. The van der Waals surface area contributed by atoms with Gasteiger partial charge in [-0.2, -0.15) is 0 Å². The smallest absolute Gasteiger partial charge is 0.315 e.